The molecule has 314 valence electrons. The number of aromatic hydroxyl groups is 1. The van der Waals surface area contributed by atoms with Crippen molar-refractivity contribution in [3.8, 4) is 23.0 Å². The second-order valence-corrected chi connectivity index (χ2v) is 13.5. The average molecular weight is 807 g/mol. The molecule has 58 heavy (non-hydrogen) atoms. The van der Waals surface area contributed by atoms with Crippen LogP contribution in [0.15, 0.2) is 72.9 Å². The number of nitrogens with zero attached hydrogens (tertiary/aromatic N) is 2. The maximum Gasteiger partial charge on any atom is 0.411 e. The van der Waals surface area contributed by atoms with Gasteiger partial charge >= 0.3 is 12.2 Å². The Labute approximate surface area is 338 Å². The Morgan fingerprint density at radius 1 is 0.724 bits per heavy atom. The number of carbonyl (C=O) groups excluding carboxylic acids is 4. The molecule has 2 fully saturated rings. The highest BCUT2D eigenvalue weighted by Crippen LogP contribution is 2.37. The fraction of sp³-hybridized carbons (Fsp3) is 0.429. The number of rotatable bonds is 19. The van der Waals surface area contributed by atoms with Gasteiger partial charge in [0.15, 0.2) is 23.0 Å². The molecular formula is C42H54N4O12. The van der Waals surface area contributed by atoms with Crippen LogP contribution in [0.5, 0.6) is 23.0 Å². The van der Waals surface area contributed by atoms with Crippen molar-refractivity contribution in [1.29, 1.82) is 0 Å². The zero-order valence-electron chi connectivity index (χ0n) is 33.3. The van der Waals surface area contributed by atoms with E-state index in [1.54, 1.807) is 4.90 Å². The number of aliphatic hydroxyl groups is 2. The zero-order chi connectivity index (χ0) is 42.2. The molecule has 2 atom stereocenters. The number of nitrogens with one attached hydrogen (secondary N) is 2. The summed E-state index contributed by atoms with van der Waals surface area (Å²) in [6, 6.07) is 4.68. The number of methoxy groups -OCH3 is 1. The van der Waals surface area contributed by atoms with Crippen LogP contribution in [0.3, 0.4) is 0 Å². The van der Waals surface area contributed by atoms with Crippen molar-refractivity contribution in [1.82, 2.24) is 9.80 Å². The number of unbranched alkanes of at least 4 members (excludes halogenated alkanes) is 2. The van der Waals surface area contributed by atoms with E-state index >= 15 is 0 Å². The number of ether oxygens (including phenoxy) is 5. The summed E-state index contributed by atoms with van der Waals surface area (Å²) in [5.74, 6) is -0.642. The lowest BCUT2D eigenvalue weighted by Gasteiger charge is -2.24. The van der Waals surface area contributed by atoms with Crippen LogP contribution >= 0.6 is 0 Å². The molecule has 2 aliphatic heterocycles. The van der Waals surface area contributed by atoms with Crippen molar-refractivity contribution in [2.24, 2.45) is 0 Å². The predicted molar refractivity (Wildman–Crippen MR) is 217 cm³/mol. The molecule has 16 nitrogen and oxygen atoms in total. The monoisotopic (exact) mass is 806 g/mol. The fourth-order valence-corrected chi connectivity index (χ4v) is 6.56. The van der Waals surface area contributed by atoms with E-state index in [1.807, 2.05) is 26.0 Å². The van der Waals surface area contributed by atoms with Crippen molar-refractivity contribution in [2.75, 3.05) is 70.5 Å². The molecule has 2 heterocycles. The maximum atomic E-state index is 13.8. The molecule has 4 amide bonds. The van der Waals surface area contributed by atoms with Crippen LogP contribution in [-0.4, -0.2) is 121 Å². The lowest BCUT2D eigenvalue weighted by atomic mass is 10.1. The van der Waals surface area contributed by atoms with Crippen LogP contribution in [0.2, 0.25) is 0 Å². The van der Waals surface area contributed by atoms with Gasteiger partial charge in [-0.3, -0.25) is 20.2 Å². The maximum absolute atomic E-state index is 13.8. The summed E-state index contributed by atoms with van der Waals surface area (Å²) in [6.45, 7) is 11.3. The number of hydrogen-bond acceptors (Lipinski definition) is 12. The van der Waals surface area contributed by atoms with Gasteiger partial charge in [-0.25, -0.2) is 9.59 Å². The number of allylic oxidation sites excluding steroid dienone is 2. The lowest BCUT2D eigenvalue weighted by Crippen LogP contribution is -2.38. The molecule has 2 aromatic carbocycles. The summed E-state index contributed by atoms with van der Waals surface area (Å²) in [5.41, 5.74) is 2.32. The van der Waals surface area contributed by atoms with Gasteiger partial charge in [0, 0.05) is 25.2 Å². The van der Waals surface area contributed by atoms with E-state index in [9.17, 15) is 34.5 Å². The normalized spacial score (nSPS) is 17.5. The number of phenolic OH excluding ortho intramolecular Hbond substituents is 1. The first-order chi connectivity index (χ1) is 28.0. The third-order valence-electron chi connectivity index (χ3n) is 9.69. The van der Waals surface area contributed by atoms with Crippen molar-refractivity contribution >= 4 is 35.4 Å². The molecule has 0 aliphatic carbocycles. The van der Waals surface area contributed by atoms with Crippen molar-refractivity contribution in [2.45, 2.75) is 58.0 Å². The van der Waals surface area contributed by atoms with E-state index in [1.165, 1.54) is 48.4 Å². The summed E-state index contributed by atoms with van der Waals surface area (Å²) < 4.78 is 27.6. The highest BCUT2D eigenvalue weighted by Gasteiger charge is 2.35. The summed E-state index contributed by atoms with van der Waals surface area (Å²) in [4.78, 5) is 55.6. The summed E-state index contributed by atoms with van der Waals surface area (Å²) in [7, 11) is 1.43. The quantitative estimate of drug-likeness (QED) is 0.0649. The number of amides is 4. The van der Waals surface area contributed by atoms with E-state index in [0.717, 1.165) is 11.1 Å². The van der Waals surface area contributed by atoms with Gasteiger partial charge in [0.25, 0.3) is 11.8 Å². The largest absolute Gasteiger partial charge is 0.504 e. The van der Waals surface area contributed by atoms with Gasteiger partial charge in [-0.05, 0) is 58.1 Å². The smallest absolute Gasteiger partial charge is 0.411 e. The molecule has 2 saturated heterocycles. The van der Waals surface area contributed by atoms with Gasteiger partial charge in [-0.1, -0.05) is 48.6 Å². The molecule has 2 aliphatic rings. The molecule has 0 bridgehead atoms. The van der Waals surface area contributed by atoms with Crippen molar-refractivity contribution in [3.63, 3.8) is 0 Å². The first kappa shape index (κ1) is 44.7. The van der Waals surface area contributed by atoms with Crippen LogP contribution in [0, 0.1) is 0 Å². The first-order valence-electron chi connectivity index (χ1n) is 19.1. The summed E-state index contributed by atoms with van der Waals surface area (Å²) in [6.07, 6.45) is 7.76. The number of benzene rings is 2. The van der Waals surface area contributed by atoms with Gasteiger partial charge in [-0.2, -0.15) is 0 Å². The third kappa shape index (κ3) is 11.5. The number of hydrogen-bond donors (Lipinski definition) is 5. The van der Waals surface area contributed by atoms with E-state index in [-0.39, 0.29) is 85.1 Å². The van der Waals surface area contributed by atoms with Gasteiger partial charge in [0.1, 0.15) is 13.2 Å². The predicted octanol–water partition coefficient (Wildman–Crippen LogP) is 5.80. The van der Waals surface area contributed by atoms with E-state index in [2.05, 4.69) is 23.8 Å². The van der Waals surface area contributed by atoms with Crippen LogP contribution in [-0.2, 0) is 9.47 Å². The van der Waals surface area contributed by atoms with E-state index in [0.29, 0.717) is 45.2 Å². The minimum absolute atomic E-state index is 0.00128. The van der Waals surface area contributed by atoms with Gasteiger partial charge in [0.2, 0.25) is 0 Å². The van der Waals surface area contributed by atoms with Crippen LogP contribution in [0.25, 0.3) is 0 Å². The number of aliphatic hydroxyl groups excluding tert-OH is 2. The Kier molecular flexibility index (Phi) is 17.0. The van der Waals surface area contributed by atoms with E-state index in [4.69, 9.17) is 23.7 Å². The molecule has 0 aromatic heterocycles. The molecular weight excluding hydrogens is 752 g/mol. The Bertz CT molecular complexity index is 1880. The van der Waals surface area contributed by atoms with Crippen LogP contribution in [0.1, 0.15) is 66.7 Å². The van der Waals surface area contributed by atoms with Crippen LogP contribution < -0.4 is 24.8 Å². The average Bonchev–Trinajstić information content (AvgIpc) is 3.86. The molecule has 4 rings (SSSR count). The Hall–Kier alpha value is -6.00. The third-order valence-corrected chi connectivity index (χ3v) is 9.69. The van der Waals surface area contributed by atoms with Crippen LogP contribution in [0.4, 0.5) is 21.0 Å². The van der Waals surface area contributed by atoms with Gasteiger partial charge in [0.05, 0.1) is 68.1 Å². The Morgan fingerprint density at radius 3 is 1.64 bits per heavy atom. The van der Waals surface area contributed by atoms with E-state index < -0.39 is 36.1 Å². The van der Waals surface area contributed by atoms with Crippen molar-refractivity contribution < 1.29 is 58.2 Å². The summed E-state index contributed by atoms with van der Waals surface area (Å²) in [5, 5.41) is 36.0. The number of carbonyl (C=O) groups is 4. The second-order valence-electron chi connectivity index (χ2n) is 13.5. The molecule has 2 aromatic rings. The highest BCUT2D eigenvalue weighted by molar-refractivity contribution is 6.05. The second kappa shape index (κ2) is 22.1. The fourth-order valence-electron chi connectivity index (χ4n) is 6.56. The Morgan fingerprint density at radius 2 is 1.19 bits per heavy atom. The number of likely N-dealkylation sites (tertiary alicyclic amines) is 2. The summed E-state index contributed by atoms with van der Waals surface area (Å²) >= 11 is 0. The topological polar surface area (TPSA) is 206 Å². The standard InChI is InChI=1S/C42H54N4O12/c1-6-13-57-41(52)43-33-21-36(35(49)19-31(33)39(50)45-23-27(8-3)17-29(45)25-47)55-15-11-10-12-16-56-38-22-34(44-42(53)58-14-7-2)32(20-37(38)54-5)40(51)46-24-28(9-4)18-30(46)26-48/h6-9,19-22,29-30,47-49H,1-2,10-18,23-26H2,3-5H3,(H,43,52)(H,44,53)/b27-8-,28-9-/t29-,30-/m0/s1. The number of phenols is 1. The minimum atomic E-state index is -0.835. The van der Waals surface area contributed by atoms with Gasteiger partial charge < -0.3 is 48.8 Å². The molecule has 16 heteroatoms. The number of anilines is 2. The SMILES string of the molecule is C=CCOC(=O)Nc1cc(OCCCCCOc2cc(NC(=O)OCC=C)c(C(=O)N3C/C(=C\C)C[C@H]3CO)cc2OC)c(O)cc1C(=O)N1C/C(=C\C)C[C@H]1CO. The highest BCUT2D eigenvalue weighted by atomic mass is 16.6. The molecule has 0 saturated carbocycles. The molecule has 0 spiro atoms. The zero-order valence-corrected chi connectivity index (χ0v) is 33.3. The van der Waals surface area contributed by atoms with Crippen molar-refractivity contribution in [3.05, 3.63) is 84.0 Å². The first-order valence-corrected chi connectivity index (χ1v) is 19.1. The van der Waals surface area contributed by atoms with Gasteiger partial charge in [-0.15, -0.1) is 0 Å². The minimum Gasteiger partial charge on any atom is -0.504 e. The Balaban J connectivity index is 1.41. The lowest BCUT2D eigenvalue weighted by molar-refractivity contribution is 0.0674. The molecule has 0 unspecified atom stereocenters. The molecule has 5 N–H and O–H groups in total. The molecule has 0 radical (unpaired) electrons.